The molecule has 0 spiro atoms. The maximum atomic E-state index is 12.4. The molecule has 0 aliphatic carbocycles. The Kier molecular flexibility index (Phi) is 9.48. The normalized spacial score (nSPS) is 29.0. The van der Waals surface area contributed by atoms with E-state index >= 15 is 0 Å². The zero-order valence-corrected chi connectivity index (χ0v) is 15.6. The molecule has 130 valence electrons. The molecule has 2 unspecified atom stereocenters. The van der Waals surface area contributed by atoms with E-state index in [4.69, 9.17) is 0 Å². The molecule has 2 atom stereocenters. The average molecular weight is 370 g/mol. The summed E-state index contributed by atoms with van der Waals surface area (Å²) in [5.41, 5.74) is 0. The summed E-state index contributed by atoms with van der Waals surface area (Å²) < 4.78 is 0. The van der Waals surface area contributed by atoms with E-state index in [1.807, 2.05) is 11.8 Å². The first kappa shape index (κ1) is 20.4. The van der Waals surface area contributed by atoms with Crippen LogP contribution in [0.15, 0.2) is 0 Å². The van der Waals surface area contributed by atoms with E-state index in [1.54, 1.807) is 0 Å². The molecule has 3 fully saturated rings. The van der Waals surface area contributed by atoms with Gasteiger partial charge < -0.3 is 15.1 Å². The van der Waals surface area contributed by atoms with E-state index in [2.05, 4.69) is 15.1 Å². The lowest BCUT2D eigenvalue weighted by molar-refractivity contribution is -0.130. The second-order valence-electron chi connectivity index (χ2n) is 6.43. The second kappa shape index (κ2) is 10.2. The van der Waals surface area contributed by atoms with Crippen molar-refractivity contribution in [3.63, 3.8) is 0 Å². The fourth-order valence-electron chi connectivity index (χ4n) is 3.63. The van der Waals surface area contributed by atoms with Crippen molar-refractivity contribution in [3.8, 4) is 0 Å². The van der Waals surface area contributed by atoms with Crippen molar-refractivity contribution in [1.29, 1.82) is 0 Å². The first-order valence-electron chi connectivity index (χ1n) is 8.12. The molecule has 3 heterocycles. The van der Waals surface area contributed by atoms with Crippen molar-refractivity contribution in [2.75, 3.05) is 50.8 Å². The highest BCUT2D eigenvalue weighted by Crippen LogP contribution is 2.21. The molecule has 0 aromatic carbocycles. The van der Waals surface area contributed by atoms with Crippen molar-refractivity contribution in [2.45, 2.75) is 31.7 Å². The number of carbonyl (C=O) groups is 1. The monoisotopic (exact) mass is 369 g/mol. The molecule has 3 aliphatic heterocycles. The molecule has 7 heteroatoms. The highest BCUT2D eigenvalue weighted by atomic mass is 35.5. The van der Waals surface area contributed by atoms with Gasteiger partial charge in [-0.15, -0.1) is 24.8 Å². The Bertz CT molecular complexity index is 337. The van der Waals surface area contributed by atoms with Gasteiger partial charge in [-0.3, -0.25) is 4.79 Å². The number of thioether (sulfide) groups is 1. The number of amides is 1. The molecule has 3 rings (SSSR count). The van der Waals surface area contributed by atoms with Crippen LogP contribution >= 0.6 is 36.6 Å². The van der Waals surface area contributed by atoms with Crippen molar-refractivity contribution < 1.29 is 4.79 Å². The maximum absolute atomic E-state index is 12.4. The fraction of sp³-hybridized carbons (Fsp3) is 0.933. The van der Waals surface area contributed by atoms with Crippen LogP contribution in [0.25, 0.3) is 0 Å². The van der Waals surface area contributed by atoms with Gasteiger partial charge in [0.15, 0.2) is 0 Å². The molecule has 1 amide bonds. The Balaban J connectivity index is 0.00000121. The summed E-state index contributed by atoms with van der Waals surface area (Å²) in [6.45, 7) is 6.79. The molecule has 3 aliphatic rings. The summed E-state index contributed by atoms with van der Waals surface area (Å²) in [5, 5.41) is 3.47. The number of nitrogens with zero attached hydrogens (tertiary/aromatic N) is 2. The largest absolute Gasteiger partial charge is 0.342 e. The Morgan fingerprint density at radius 1 is 1.18 bits per heavy atom. The van der Waals surface area contributed by atoms with E-state index in [-0.39, 0.29) is 24.8 Å². The van der Waals surface area contributed by atoms with Crippen LogP contribution in [0.3, 0.4) is 0 Å². The SMILES string of the molecule is Cl.Cl.O=C(CC1CSCCN1)N1CCC(CN2CCCC2)C1. The molecule has 1 N–H and O–H groups in total. The van der Waals surface area contributed by atoms with Crippen molar-refractivity contribution in [2.24, 2.45) is 5.92 Å². The lowest BCUT2D eigenvalue weighted by Gasteiger charge is -2.25. The summed E-state index contributed by atoms with van der Waals surface area (Å²) in [7, 11) is 0. The lowest BCUT2D eigenvalue weighted by Crippen LogP contribution is -2.42. The molecule has 22 heavy (non-hydrogen) atoms. The smallest absolute Gasteiger partial charge is 0.224 e. The molecule has 0 aromatic heterocycles. The minimum atomic E-state index is 0. The number of likely N-dealkylation sites (tertiary alicyclic amines) is 2. The number of hydrogen-bond donors (Lipinski definition) is 1. The molecular weight excluding hydrogens is 341 g/mol. The van der Waals surface area contributed by atoms with Crippen LogP contribution in [0.4, 0.5) is 0 Å². The third-order valence-electron chi connectivity index (χ3n) is 4.77. The number of hydrogen-bond acceptors (Lipinski definition) is 4. The van der Waals surface area contributed by atoms with Crippen LogP contribution in [-0.2, 0) is 4.79 Å². The minimum absolute atomic E-state index is 0. The van der Waals surface area contributed by atoms with Gasteiger partial charge in [-0.25, -0.2) is 0 Å². The van der Waals surface area contributed by atoms with Crippen LogP contribution in [-0.4, -0.2) is 72.5 Å². The van der Waals surface area contributed by atoms with Gasteiger partial charge in [0.1, 0.15) is 0 Å². The highest BCUT2D eigenvalue weighted by Gasteiger charge is 2.29. The van der Waals surface area contributed by atoms with Crippen molar-refractivity contribution in [3.05, 3.63) is 0 Å². The topological polar surface area (TPSA) is 35.6 Å². The van der Waals surface area contributed by atoms with E-state index in [1.165, 1.54) is 44.6 Å². The van der Waals surface area contributed by atoms with Crippen LogP contribution < -0.4 is 5.32 Å². The zero-order valence-electron chi connectivity index (χ0n) is 13.2. The van der Waals surface area contributed by atoms with E-state index in [0.29, 0.717) is 24.3 Å². The average Bonchev–Trinajstić information content (AvgIpc) is 3.12. The van der Waals surface area contributed by atoms with Gasteiger partial charge in [-0.1, -0.05) is 0 Å². The van der Waals surface area contributed by atoms with Crippen LogP contribution in [0.1, 0.15) is 25.7 Å². The Hall–Kier alpha value is 0.320. The van der Waals surface area contributed by atoms with Gasteiger partial charge in [0.05, 0.1) is 0 Å². The van der Waals surface area contributed by atoms with Gasteiger partial charge in [-0.2, -0.15) is 11.8 Å². The molecule has 0 aromatic rings. The van der Waals surface area contributed by atoms with Crippen molar-refractivity contribution >= 4 is 42.5 Å². The second-order valence-corrected chi connectivity index (χ2v) is 7.58. The van der Waals surface area contributed by atoms with E-state index in [0.717, 1.165) is 25.4 Å². The first-order valence-corrected chi connectivity index (χ1v) is 9.28. The number of halogens is 2. The first-order chi connectivity index (χ1) is 9.81. The Labute approximate surface area is 150 Å². The molecule has 3 saturated heterocycles. The minimum Gasteiger partial charge on any atom is -0.342 e. The molecule has 0 radical (unpaired) electrons. The molecular formula is C15H29Cl2N3OS. The van der Waals surface area contributed by atoms with Crippen LogP contribution in [0, 0.1) is 5.92 Å². The lowest BCUT2D eigenvalue weighted by atomic mass is 10.1. The van der Waals surface area contributed by atoms with E-state index < -0.39 is 0 Å². The number of rotatable bonds is 4. The molecule has 0 saturated carbocycles. The molecule has 0 bridgehead atoms. The predicted molar refractivity (Wildman–Crippen MR) is 98.6 cm³/mol. The summed E-state index contributed by atoms with van der Waals surface area (Å²) >= 11 is 1.97. The summed E-state index contributed by atoms with van der Waals surface area (Å²) in [5.74, 6) is 3.36. The third kappa shape index (κ3) is 5.75. The van der Waals surface area contributed by atoms with Gasteiger partial charge in [0, 0.05) is 50.1 Å². The third-order valence-corrected chi connectivity index (χ3v) is 5.90. The number of carbonyl (C=O) groups excluding carboxylic acids is 1. The number of nitrogens with one attached hydrogen (secondary N) is 1. The van der Waals surface area contributed by atoms with Gasteiger partial charge in [-0.05, 0) is 38.3 Å². The maximum Gasteiger partial charge on any atom is 0.224 e. The summed E-state index contributed by atoms with van der Waals surface area (Å²) in [4.78, 5) is 17.1. The van der Waals surface area contributed by atoms with Gasteiger partial charge in [0.25, 0.3) is 0 Å². The Morgan fingerprint density at radius 3 is 2.64 bits per heavy atom. The Morgan fingerprint density at radius 2 is 1.95 bits per heavy atom. The van der Waals surface area contributed by atoms with Crippen LogP contribution in [0.2, 0.25) is 0 Å². The van der Waals surface area contributed by atoms with Crippen LogP contribution in [0.5, 0.6) is 0 Å². The quantitative estimate of drug-likeness (QED) is 0.820. The van der Waals surface area contributed by atoms with Gasteiger partial charge in [0.2, 0.25) is 5.91 Å². The van der Waals surface area contributed by atoms with Crippen molar-refractivity contribution in [1.82, 2.24) is 15.1 Å². The fourth-order valence-corrected chi connectivity index (χ4v) is 4.58. The van der Waals surface area contributed by atoms with Gasteiger partial charge >= 0.3 is 0 Å². The van der Waals surface area contributed by atoms with E-state index in [9.17, 15) is 4.79 Å². The molecule has 4 nitrogen and oxygen atoms in total. The highest BCUT2D eigenvalue weighted by molar-refractivity contribution is 7.99. The zero-order chi connectivity index (χ0) is 13.8. The summed E-state index contributed by atoms with van der Waals surface area (Å²) in [6, 6.07) is 0.402. The standard InChI is InChI=1S/C15H27N3OS.2ClH/c19-15(9-14-12-20-8-4-16-14)18-7-3-13(11-18)10-17-5-1-2-6-17;;/h13-14,16H,1-12H2;2*1H. The predicted octanol–water partition coefficient (Wildman–Crippen LogP) is 1.87. The summed E-state index contributed by atoms with van der Waals surface area (Å²) in [6.07, 6.45) is 4.62.